The molecule has 0 spiro atoms. The topological polar surface area (TPSA) is 0 Å². The van der Waals surface area contributed by atoms with Crippen LogP contribution in [-0.2, 0) is 0 Å². The van der Waals surface area contributed by atoms with E-state index in [4.69, 9.17) is 0 Å². The average Bonchev–Trinajstić information content (AvgIpc) is 2.39. The third kappa shape index (κ3) is 13.1. The molecule has 1 aliphatic heterocycles. The summed E-state index contributed by atoms with van der Waals surface area (Å²) in [6.45, 7) is 0. The number of hydrogen-bond acceptors (Lipinski definition) is 6. The van der Waals surface area contributed by atoms with Gasteiger partial charge >= 0.3 is 0 Å². The first kappa shape index (κ1) is 18.1. The molecule has 18 heavy (non-hydrogen) atoms. The summed E-state index contributed by atoms with van der Waals surface area (Å²) < 4.78 is 0. The van der Waals surface area contributed by atoms with Gasteiger partial charge in [-0.15, -0.1) is 0 Å². The van der Waals surface area contributed by atoms with Gasteiger partial charge < -0.3 is 0 Å². The van der Waals surface area contributed by atoms with Crippen LogP contribution in [0.2, 0.25) is 0 Å². The van der Waals surface area contributed by atoms with E-state index in [1.807, 2.05) is 60.9 Å². The number of hydrogen-bond donors (Lipinski definition) is 0. The first-order chi connectivity index (χ1) is 9.00. The van der Waals surface area contributed by atoms with Gasteiger partial charge in [0.2, 0.25) is 0 Å². The molecule has 0 atom stereocenters. The van der Waals surface area contributed by atoms with Crippen molar-refractivity contribution in [2.24, 2.45) is 0 Å². The molecule has 0 amide bonds. The molecule has 0 nitrogen and oxygen atoms in total. The van der Waals surface area contributed by atoms with E-state index in [2.05, 4.69) is 0 Å². The SMILES string of the molecule is C1CCCCCCSSSSSSCCCCC1. The van der Waals surface area contributed by atoms with E-state index in [1.165, 1.54) is 75.7 Å². The van der Waals surface area contributed by atoms with Crippen molar-refractivity contribution in [3.8, 4) is 0 Å². The molecule has 0 unspecified atom stereocenters. The van der Waals surface area contributed by atoms with E-state index in [-0.39, 0.29) is 0 Å². The fraction of sp³-hybridized carbons (Fsp3) is 1.00. The lowest BCUT2D eigenvalue weighted by atomic mass is 10.1. The van der Waals surface area contributed by atoms with Crippen molar-refractivity contribution < 1.29 is 0 Å². The molecule has 0 aromatic heterocycles. The van der Waals surface area contributed by atoms with Crippen LogP contribution in [-0.4, -0.2) is 11.5 Å². The fourth-order valence-corrected chi connectivity index (χ4v) is 13.6. The lowest BCUT2D eigenvalue weighted by Crippen LogP contribution is -1.84. The third-order valence-corrected chi connectivity index (χ3v) is 14.0. The minimum atomic E-state index is 1.33. The Morgan fingerprint density at radius 3 is 1.06 bits per heavy atom. The minimum Gasteiger partial charge on any atom is -0.0817 e. The fourth-order valence-electron chi connectivity index (χ4n) is 1.87. The summed E-state index contributed by atoms with van der Waals surface area (Å²) in [5.74, 6) is 2.66. The first-order valence-electron chi connectivity index (χ1n) is 6.91. The lowest BCUT2D eigenvalue weighted by Gasteiger charge is -2.04. The Kier molecular flexibility index (Phi) is 15.6. The Morgan fingerprint density at radius 1 is 0.333 bits per heavy atom. The summed E-state index contributed by atoms with van der Waals surface area (Å²) in [6.07, 6.45) is 14.5. The highest BCUT2D eigenvalue weighted by molar-refractivity contribution is 9.41. The third-order valence-electron chi connectivity index (χ3n) is 2.88. The molecule has 1 saturated heterocycles. The van der Waals surface area contributed by atoms with Gasteiger partial charge in [-0.05, 0) is 52.1 Å². The monoisotopic (exact) mass is 360 g/mol. The molecule has 1 heterocycles. The largest absolute Gasteiger partial charge is 0.0817 e. The Bertz CT molecular complexity index is 91.6. The van der Waals surface area contributed by atoms with Crippen LogP contribution in [0, 0.1) is 0 Å². The molecule has 0 aromatic rings. The van der Waals surface area contributed by atoms with E-state index in [0.717, 1.165) is 0 Å². The summed E-state index contributed by atoms with van der Waals surface area (Å²) in [4.78, 5) is 0. The smallest absolute Gasteiger partial charge is 0.00454 e. The molecule has 108 valence electrons. The van der Waals surface area contributed by atoms with Gasteiger partial charge in [0.25, 0.3) is 0 Å². The molecule has 0 aromatic carbocycles. The molecule has 0 N–H and O–H groups in total. The highest BCUT2D eigenvalue weighted by Gasteiger charge is 1.98. The van der Waals surface area contributed by atoms with Crippen LogP contribution in [0.5, 0.6) is 0 Å². The van der Waals surface area contributed by atoms with Crippen LogP contribution in [0.25, 0.3) is 0 Å². The van der Waals surface area contributed by atoms with E-state index in [9.17, 15) is 0 Å². The lowest BCUT2D eigenvalue weighted by molar-refractivity contribution is 0.564. The second-order valence-electron chi connectivity index (χ2n) is 4.45. The van der Waals surface area contributed by atoms with Crippen molar-refractivity contribution in [3.05, 3.63) is 0 Å². The standard InChI is InChI=1S/C12H24S6/c1-2-4-6-8-10-12-14-16-18-17-15-13-11-9-7-5-3-1/h1-12H2. The zero-order valence-electron chi connectivity index (χ0n) is 10.9. The summed E-state index contributed by atoms with van der Waals surface area (Å²) in [7, 11) is 11.9. The molecular weight excluding hydrogens is 337 g/mol. The quantitative estimate of drug-likeness (QED) is 0.400. The maximum Gasteiger partial charge on any atom is 0.00454 e. The predicted molar refractivity (Wildman–Crippen MR) is 101 cm³/mol. The highest BCUT2D eigenvalue weighted by atomic mass is 33.9. The van der Waals surface area contributed by atoms with E-state index >= 15 is 0 Å². The van der Waals surface area contributed by atoms with E-state index in [0.29, 0.717) is 0 Å². The zero-order chi connectivity index (χ0) is 12.7. The summed E-state index contributed by atoms with van der Waals surface area (Å²) in [5, 5.41) is 0. The molecule has 1 rings (SSSR count). The van der Waals surface area contributed by atoms with Gasteiger partial charge in [-0.25, -0.2) is 0 Å². The molecule has 0 aliphatic carbocycles. The Balaban J connectivity index is 2.00. The first-order valence-corrected chi connectivity index (χ1v) is 14.7. The molecule has 1 aliphatic rings. The van der Waals surface area contributed by atoms with Gasteiger partial charge in [0, 0.05) is 11.5 Å². The Labute approximate surface area is 135 Å². The van der Waals surface area contributed by atoms with Gasteiger partial charge in [-0.2, -0.15) is 0 Å². The van der Waals surface area contributed by atoms with E-state index < -0.39 is 0 Å². The Hall–Kier alpha value is 2.10. The molecule has 0 radical (unpaired) electrons. The minimum absolute atomic E-state index is 1.33. The van der Waals surface area contributed by atoms with Crippen molar-refractivity contribution in [2.75, 3.05) is 11.5 Å². The van der Waals surface area contributed by atoms with Gasteiger partial charge in [0.1, 0.15) is 0 Å². The zero-order valence-corrected chi connectivity index (χ0v) is 15.8. The van der Waals surface area contributed by atoms with Crippen LogP contribution < -0.4 is 0 Å². The van der Waals surface area contributed by atoms with Crippen LogP contribution in [0.3, 0.4) is 0 Å². The second-order valence-corrected chi connectivity index (χ2v) is 14.2. The van der Waals surface area contributed by atoms with Gasteiger partial charge in [-0.1, -0.05) is 73.0 Å². The highest BCUT2D eigenvalue weighted by Crippen LogP contribution is 2.52. The molecule has 0 saturated carbocycles. The van der Waals surface area contributed by atoms with Gasteiger partial charge in [0.05, 0.1) is 0 Å². The van der Waals surface area contributed by atoms with Crippen molar-refractivity contribution in [3.63, 3.8) is 0 Å². The molecule has 1 fully saturated rings. The second kappa shape index (κ2) is 15.5. The van der Waals surface area contributed by atoms with E-state index in [1.54, 1.807) is 0 Å². The number of rotatable bonds is 0. The summed E-state index contributed by atoms with van der Waals surface area (Å²) in [5.41, 5.74) is 0. The average molecular weight is 361 g/mol. The van der Waals surface area contributed by atoms with Gasteiger partial charge in [-0.3, -0.25) is 0 Å². The molecular formula is C12H24S6. The van der Waals surface area contributed by atoms with Gasteiger partial charge in [0.15, 0.2) is 0 Å². The normalized spacial score (nSPS) is 24.0. The van der Waals surface area contributed by atoms with Crippen LogP contribution in [0.1, 0.15) is 64.2 Å². The maximum absolute atomic E-state index is 2.03. The van der Waals surface area contributed by atoms with Crippen molar-refractivity contribution in [1.82, 2.24) is 0 Å². The summed E-state index contributed by atoms with van der Waals surface area (Å²) in [6, 6.07) is 0. The molecule has 6 heteroatoms. The predicted octanol–water partition coefficient (Wildman–Crippen LogP) is 7.88. The van der Waals surface area contributed by atoms with Crippen molar-refractivity contribution in [2.45, 2.75) is 64.2 Å². The van der Waals surface area contributed by atoms with Crippen LogP contribution >= 0.6 is 60.9 Å². The van der Waals surface area contributed by atoms with Crippen LogP contribution in [0.15, 0.2) is 0 Å². The van der Waals surface area contributed by atoms with Crippen molar-refractivity contribution in [1.29, 1.82) is 0 Å². The maximum atomic E-state index is 2.03. The van der Waals surface area contributed by atoms with Crippen molar-refractivity contribution >= 4 is 60.9 Å². The Morgan fingerprint density at radius 2 is 0.667 bits per heavy atom. The summed E-state index contributed by atoms with van der Waals surface area (Å²) >= 11 is 0. The molecule has 0 bridgehead atoms. The van der Waals surface area contributed by atoms with Crippen LogP contribution in [0.4, 0.5) is 0 Å².